The number of hydrogen-bond acceptors (Lipinski definition) is 0. The second-order valence-corrected chi connectivity index (χ2v) is 0. The first-order valence-corrected chi connectivity index (χ1v) is 0. The minimum absolute atomic E-state index is 0. The van der Waals surface area contributed by atoms with Crippen LogP contribution in [0, 0.1) is 0 Å². The molecule has 0 N–H and O–H groups in total. The Labute approximate surface area is 127 Å². The van der Waals surface area contributed by atoms with Crippen molar-refractivity contribution >= 4 is 107 Å². The summed E-state index contributed by atoms with van der Waals surface area (Å²) < 4.78 is 0. The molecule has 0 saturated carbocycles. The van der Waals surface area contributed by atoms with Crippen LogP contribution in [-0.4, -0.2) is 77.5 Å². The van der Waals surface area contributed by atoms with Crippen molar-refractivity contribution in [2.45, 2.75) is 22.3 Å². The average Bonchev–Trinajstić information content (AvgIpc) is 0. The molecule has 6 heteroatoms. The first kappa shape index (κ1) is 120. The first-order chi connectivity index (χ1) is 0. The van der Waals surface area contributed by atoms with Crippen molar-refractivity contribution in [3.8, 4) is 0 Å². The molecule has 2 radical (unpaired) electrons. The monoisotopic (exact) mass is 502 g/mol. The third-order valence-corrected chi connectivity index (χ3v) is 0. The quantitative estimate of drug-likeness (QED) is 0.377. The van der Waals surface area contributed by atoms with Crippen LogP contribution >= 0.6 is 29.7 Å². The van der Waals surface area contributed by atoms with Crippen LogP contribution in [0.15, 0.2) is 0 Å². The summed E-state index contributed by atoms with van der Waals surface area (Å²) in [5.74, 6) is 0. The summed E-state index contributed by atoms with van der Waals surface area (Å²) >= 11 is 0. The van der Waals surface area contributed by atoms with E-state index in [1.165, 1.54) is 0 Å². The Balaban J connectivity index is 0. The van der Waals surface area contributed by atoms with Gasteiger partial charge in [-0.1, -0.05) is 22.3 Å². The van der Waals surface area contributed by atoms with E-state index in [0.717, 1.165) is 0 Å². The van der Waals surface area contributed by atoms with Gasteiger partial charge in [-0.2, -0.15) is 29.7 Å². The molecule has 0 rings (SSSR count). The molecule has 0 aliphatic rings. The van der Waals surface area contributed by atoms with Crippen molar-refractivity contribution in [3.05, 3.63) is 0 Å². The predicted molar refractivity (Wildman–Crippen MR) is 80.5 cm³/mol. The summed E-state index contributed by atoms with van der Waals surface area (Å²) in [4.78, 5) is 0. The molecule has 64 valence electrons. The van der Waals surface area contributed by atoms with Gasteiger partial charge in [0.25, 0.3) is 0 Å². The Morgan fingerprint density at radius 3 is 0.444 bits per heavy atom. The Bertz CT molecular complexity index is 14.3. The molecular weight excluding hydrogens is 473 g/mol. The van der Waals surface area contributed by atoms with E-state index in [0.29, 0.717) is 0 Å². The molecule has 0 amide bonds. The predicted octanol–water partition coefficient (Wildman–Crippen LogP) is -0.934. The molecule has 0 aromatic rings. The van der Waals surface area contributed by atoms with Crippen LogP contribution in [-0.2, 0) is 0 Å². The third-order valence-electron chi connectivity index (χ3n) is 0. The summed E-state index contributed by atoms with van der Waals surface area (Å²) in [6, 6.07) is 0. The Morgan fingerprint density at radius 2 is 0.444 bits per heavy atom. The van der Waals surface area contributed by atoms with E-state index in [1.54, 1.807) is 0 Å². The second-order valence-electron chi connectivity index (χ2n) is 0. The van der Waals surface area contributed by atoms with Crippen LogP contribution in [0.1, 0.15) is 22.3 Å². The molecule has 3 unspecified atom stereocenters. The SMILES string of the molecule is C.C.C.P.P.P.[InH2].[InH2].[InH3]. The second kappa shape index (κ2) is 92.9. The van der Waals surface area contributed by atoms with Gasteiger partial charge in [0, 0.05) is 0 Å². The zero-order chi connectivity index (χ0) is 0. The molecule has 3 atom stereocenters. The van der Waals surface area contributed by atoms with Crippen LogP contribution < -0.4 is 0 Å². The van der Waals surface area contributed by atoms with Crippen molar-refractivity contribution in [1.29, 1.82) is 0 Å². The Kier molecular flexibility index (Phi) is 1240. The van der Waals surface area contributed by atoms with Gasteiger partial charge in [-0.15, -0.1) is 0 Å². The summed E-state index contributed by atoms with van der Waals surface area (Å²) in [6.45, 7) is 0. The van der Waals surface area contributed by atoms with Gasteiger partial charge in [0.05, 0.1) is 0 Å². The zero-order valence-corrected chi connectivity index (χ0v) is 19.8. The van der Waals surface area contributed by atoms with Crippen molar-refractivity contribution in [3.63, 3.8) is 0 Å². The fourth-order valence-electron chi connectivity index (χ4n) is 0. The van der Waals surface area contributed by atoms with Gasteiger partial charge in [0.2, 0.25) is 0 Å². The maximum absolute atomic E-state index is 0. The number of hydrogen-bond donors (Lipinski definition) is 0. The molecule has 0 fully saturated rings. The van der Waals surface area contributed by atoms with Crippen molar-refractivity contribution in [2.75, 3.05) is 0 Å². The fraction of sp³-hybridized carbons (Fsp3) is 1.00. The molecule has 0 aromatic heterocycles. The summed E-state index contributed by atoms with van der Waals surface area (Å²) in [5, 5.41) is 0. The van der Waals surface area contributed by atoms with E-state index in [2.05, 4.69) is 0 Å². The summed E-state index contributed by atoms with van der Waals surface area (Å²) in [7, 11) is 0. The van der Waals surface area contributed by atoms with Crippen LogP contribution in [0.3, 0.4) is 0 Å². The first-order valence-electron chi connectivity index (χ1n) is 0. The molecule has 0 spiro atoms. The van der Waals surface area contributed by atoms with Crippen LogP contribution in [0.2, 0.25) is 0 Å². The van der Waals surface area contributed by atoms with Crippen LogP contribution in [0.5, 0.6) is 0 Å². The van der Waals surface area contributed by atoms with E-state index in [4.69, 9.17) is 0 Å². The Hall–Kier alpha value is 3.90. The van der Waals surface area contributed by atoms with Crippen LogP contribution in [0.4, 0.5) is 0 Å². The number of rotatable bonds is 0. The van der Waals surface area contributed by atoms with Gasteiger partial charge in [-0.25, -0.2) is 0 Å². The molecule has 0 aliphatic heterocycles. The summed E-state index contributed by atoms with van der Waals surface area (Å²) in [6.07, 6.45) is 0. The van der Waals surface area contributed by atoms with Crippen molar-refractivity contribution in [2.24, 2.45) is 0 Å². The van der Waals surface area contributed by atoms with Gasteiger partial charge >= 0.3 is 77.5 Å². The normalized spacial score (nSPS) is 0. The van der Waals surface area contributed by atoms with E-state index in [1.807, 2.05) is 0 Å². The van der Waals surface area contributed by atoms with Gasteiger partial charge in [0.1, 0.15) is 0 Å². The molecule has 0 saturated heterocycles. The van der Waals surface area contributed by atoms with Crippen molar-refractivity contribution < 1.29 is 0 Å². The van der Waals surface area contributed by atoms with Gasteiger partial charge in [-0.3, -0.25) is 0 Å². The van der Waals surface area contributed by atoms with E-state index in [9.17, 15) is 0 Å². The molecule has 9 heavy (non-hydrogen) atoms. The van der Waals surface area contributed by atoms with Gasteiger partial charge in [-0.05, 0) is 0 Å². The van der Waals surface area contributed by atoms with Gasteiger partial charge < -0.3 is 0 Å². The van der Waals surface area contributed by atoms with E-state index >= 15 is 0 Å². The topological polar surface area (TPSA) is 0 Å². The maximum atomic E-state index is 0. The molecule has 0 heterocycles. The average molecular weight is 502 g/mol. The molecule has 0 aromatic carbocycles. The van der Waals surface area contributed by atoms with E-state index in [-0.39, 0.29) is 130 Å². The molecular formula is C3H28In3P3. The molecule has 0 aliphatic carbocycles. The Morgan fingerprint density at radius 1 is 0.444 bits per heavy atom. The van der Waals surface area contributed by atoms with Crippen molar-refractivity contribution in [1.82, 2.24) is 0 Å². The molecule has 0 nitrogen and oxygen atoms in total. The summed E-state index contributed by atoms with van der Waals surface area (Å²) in [5.41, 5.74) is 0. The fourth-order valence-corrected chi connectivity index (χ4v) is 0. The van der Waals surface area contributed by atoms with Crippen LogP contribution in [0.25, 0.3) is 0 Å². The van der Waals surface area contributed by atoms with E-state index < -0.39 is 0 Å². The standard InChI is InChI=1S/3CH4.3In.3H3P.7H/h3*1H4;;;;3*1H3;;;;;;;. The third kappa shape index (κ3) is 76.7. The molecule has 0 bridgehead atoms. The minimum atomic E-state index is 0. The zero-order valence-electron chi connectivity index (χ0n) is 4.12. The van der Waals surface area contributed by atoms with Gasteiger partial charge in [0.15, 0.2) is 0 Å².